The van der Waals surface area contributed by atoms with E-state index in [2.05, 4.69) is 0 Å². The number of benzene rings is 2. The fourth-order valence-corrected chi connectivity index (χ4v) is 3.50. The van der Waals surface area contributed by atoms with Gasteiger partial charge >= 0.3 is 0 Å². The summed E-state index contributed by atoms with van der Waals surface area (Å²) in [6.45, 7) is 4.33. The van der Waals surface area contributed by atoms with Crippen LogP contribution in [0.1, 0.15) is 24.5 Å². The predicted octanol–water partition coefficient (Wildman–Crippen LogP) is 4.05. The lowest BCUT2D eigenvalue weighted by molar-refractivity contribution is -0.131. The summed E-state index contributed by atoms with van der Waals surface area (Å²) in [6.07, 6.45) is 3.06. The van der Waals surface area contributed by atoms with Gasteiger partial charge in [0.2, 0.25) is 11.8 Å². The maximum absolute atomic E-state index is 12.8. The highest BCUT2D eigenvalue weighted by molar-refractivity contribution is 6.30. The van der Waals surface area contributed by atoms with Gasteiger partial charge in [-0.15, -0.1) is 0 Å². The predicted molar refractivity (Wildman–Crippen MR) is 113 cm³/mol. The Morgan fingerprint density at radius 3 is 2.29 bits per heavy atom. The molecule has 2 amide bonds. The van der Waals surface area contributed by atoms with Crippen LogP contribution < -0.4 is 0 Å². The molecule has 28 heavy (non-hydrogen) atoms. The molecule has 1 aliphatic heterocycles. The minimum atomic E-state index is 0.0378. The highest BCUT2D eigenvalue weighted by atomic mass is 35.5. The lowest BCUT2D eigenvalue weighted by atomic mass is 10.1. The van der Waals surface area contributed by atoms with Gasteiger partial charge in [0.05, 0.1) is 6.42 Å². The van der Waals surface area contributed by atoms with Gasteiger partial charge in [-0.3, -0.25) is 9.59 Å². The molecule has 1 fully saturated rings. The lowest BCUT2D eigenvalue weighted by Crippen LogP contribution is -2.38. The molecule has 0 radical (unpaired) electrons. The Kier molecular flexibility index (Phi) is 6.88. The van der Waals surface area contributed by atoms with E-state index in [9.17, 15) is 9.59 Å². The molecule has 2 aromatic carbocycles. The largest absolute Gasteiger partial charge is 0.341 e. The van der Waals surface area contributed by atoms with Gasteiger partial charge in [0.25, 0.3) is 0 Å². The maximum Gasteiger partial charge on any atom is 0.249 e. The van der Waals surface area contributed by atoms with Crippen molar-refractivity contribution in [2.45, 2.75) is 19.8 Å². The molecule has 4 nitrogen and oxygen atoms in total. The van der Waals surface area contributed by atoms with E-state index in [1.807, 2.05) is 65.3 Å². The zero-order valence-electron chi connectivity index (χ0n) is 16.1. The second-order valence-corrected chi connectivity index (χ2v) is 7.50. The first-order valence-corrected chi connectivity index (χ1v) is 9.95. The molecule has 0 atom stereocenters. The second-order valence-electron chi connectivity index (χ2n) is 7.07. The van der Waals surface area contributed by atoms with Crippen molar-refractivity contribution in [3.63, 3.8) is 0 Å². The summed E-state index contributed by atoms with van der Waals surface area (Å²) in [5.74, 6) is 0.129. The van der Waals surface area contributed by atoms with E-state index in [4.69, 9.17) is 11.6 Å². The minimum absolute atomic E-state index is 0.0378. The Hall–Kier alpha value is -2.59. The normalized spacial score (nSPS) is 15.3. The fraction of sp³-hybridized carbons (Fsp3) is 0.304. The molecule has 1 aliphatic rings. The van der Waals surface area contributed by atoms with Crippen LogP contribution in [-0.4, -0.2) is 47.8 Å². The molecule has 0 aliphatic carbocycles. The first-order valence-electron chi connectivity index (χ1n) is 9.58. The van der Waals surface area contributed by atoms with Gasteiger partial charge in [-0.05, 0) is 42.7 Å². The summed E-state index contributed by atoms with van der Waals surface area (Å²) in [5.41, 5.74) is 2.68. The minimum Gasteiger partial charge on any atom is -0.341 e. The van der Waals surface area contributed by atoms with Gasteiger partial charge in [0, 0.05) is 36.8 Å². The van der Waals surface area contributed by atoms with Crippen molar-refractivity contribution in [1.29, 1.82) is 0 Å². The summed E-state index contributed by atoms with van der Waals surface area (Å²) in [6, 6.07) is 17.2. The van der Waals surface area contributed by atoms with E-state index in [1.54, 1.807) is 12.1 Å². The van der Waals surface area contributed by atoms with Crippen molar-refractivity contribution in [3.8, 4) is 0 Å². The SMILES string of the molecule is C/C(=C\c1ccccc1)C(=O)N1CCCN(C(=O)Cc2ccc(Cl)cc2)CC1. The molecule has 3 rings (SSSR count). The number of nitrogens with zero attached hydrogens (tertiary/aromatic N) is 2. The Bertz CT molecular complexity index is 847. The van der Waals surface area contributed by atoms with Crippen LogP contribution in [0.15, 0.2) is 60.2 Å². The molecule has 0 unspecified atom stereocenters. The van der Waals surface area contributed by atoms with Gasteiger partial charge in [-0.1, -0.05) is 54.1 Å². The van der Waals surface area contributed by atoms with Crippen LogP contribution in [0.25, 0.3) is 6.08 Å². The molecular formula is C23H25ClN2O2. The van der Waals surface area contributed by atoms with Crippen molar-refractivity contribution < 1.29 is 9.59 Å². The molecule has 0 bridgehead atoms. The van der Waals surface area contributed by atoms with Crippen molar-refractivity contribution in [2.24, 2.45) is 0 Å². The van der Waals surface area contributed by atoms with Crippen molar-refractivity contribution in [3.05, 3.63) is 76.3 Å². The van der Waals surface area contributed by atoms with E-state index < -0.39 is 0 Å². The number of amides is 2. The maximum atomic E-state index is 12.8. The Morgan fingerprint density at radius 2 is 1.57 bits per heavy atom. The standard InChI is InChI=1S/C23H25ClN2O2/c1-18(16-19-6-3-2-4-7-19)23(28)26-13-5-12-25(14-15-26)22(27)17-20-8-10-21(24)11-9-20/h2-4,6-11,16H,5,12-15,17H2,1H3/b18-16+. The molecule has 1 saturated heterocycles. The van der Waals surface area contributed by atoms with Gasteiger partial charge in [-0.25, -0.2) is 0 Å². The number of rotatable bonds is 4. The average Bonchev–Trinajstić information content (AvgIpc) is 2.96. The molecule has 5 heteroatoms. The summed E-state index contributed by atoms with van der Waals surface area (Å²) in [4.78, 5) is 29.1. The molecule has 0 spiro atoms. The number of hydrogen-bond acceptors (Lipinski definition) is 2. The molecule has 146 valence electrons. The van der Waals surface area contributed by atoms with E-state index in [0.29, 0.717) is 43.2 Å². The fourth-order valence-electron chi connectivity index (χ4n) is 3.37. The van der Waals surface area contributed by atoms with Crippen LogP contribution >= 0.6 is 11.6 Å². The number of halogens is 1. The van der Waals surface area contributed by atoms with Gasteiger partial charge in [0.15, 0.2) is 0 Å². The first kappa shape index (κ1) is 20.2. The summed E-state index contributed by atoms with van der Waals surface area (Å²) in [5, 5.41) is 0.666. The van der Waals surface area contributed by atoms with Crippen LogP contribution in [0.4, 0.5) is 0 Å². The third kappa shape index (κ3) is 5.46. The van der Waals surface area contributed by atoms with Crippen LogP contribution in [0.2, 0.25) is 5.02 Å². The van der Waals surface area contributed by atoms with Crippen LogP contribution in [-0.2, 0) is 16.0 Å². The van der Waals surface area contributed by atoms with E-state index >= 15 is 0 Å². The smallest absolute Gasteiger partial charge is 0.249 e. The van der Waals surface area contributed by atoms with Crippen LogP contribution in [0.3, 0.4) is 0 Å². The summed E-state index contributed by atoms with van der Waals surface area (Å²) >= 11 is 5.90. The zero-order valence-corrected chi connectivity index (χ0v) is 16.9. The van der Waals surface area contributed by atoms with Gasteiger partial charge in [-0.2, -0.15) is 0 Å². The third-order valence-electron chi connectivity index (χ3n) is 4.92. The molecule has 1 heterocycles. The van der Waals surface area contributed by atoms with E-state index in [-0.39, 0.29) is 11.8 Å². The second kappa shape index (κ2) is 9.56. The van der Waals surface area contributed by atoms with Gasteiger partial charge in [0.1, 0.15) is 0 Å². The molecule has 0 aromatic heterocycles. The number of carbonyl (C=O) groups excluding carboxylic acids is 2. The highest BCUT2D eigenvalue weighted by Gasteiger charge is 2.22. The Morgan fingerprint density at radius 1 is 0.929 bits per heavy atom. The highest BCUT2D eigenvalue weighted by Crippen LogP contribution is 2.14. The van der Waals surface area contributed by atoms with Gasteiger partial charge < -0.3 is 9.80 Å². The van der Waals surface area contributed by atoms with Crippen LogP contribution in [0, 0.1) is 0 Å². The molecule has 2 aromatic rings. The van der Waals surface area contributed by atoms with E-state index in [0.717, 1.165) is 17.5 Å². The number of hydrogen-bond donors (Lipinski definition) is 0. The van der Waals surface area contributed by atoms with Crippen molar-refractivity contribution >= 4 is 29.5 Å². The molecule has 0 N–H and O–H groups in total. The Labute approximate surface area is 171 Å². The zero-order chi connectivity index (χ0) is 19.9. The lowest BCUT2D eigenvalue weighted by Gasteiger charge is -2.22. The van der Waals surface area contributed by atoms with Crippen molar-refractivity contribution in [2.75, 3.05) is 26.2 Å². The quantitative estimate of drug-likeness (QED) is 0.731. The summed E-state index contributed by atoms with van der Waals surface area (Å²) in [7, 11) is 0. The van der Waals surface area contributed by atoms with Crippen molar-refractivity contribution in [1.82, 2.24) is 9.80 Å². The van der Waals surface area contributed by atoms with Crippen LogP contribution in [0.5, 0.6) is 0 Å². The molecule has 0 saturated carbocycles. The first-order chi connectivity index (χ1) is 13.5. The molecular weight excluding hydrogens is 372 g/mol. The summed E-state index contributed by atoms with van der Waals surface area (Å²) < 4.78 is 0. The topological polar surface area (TPSA) is 40.6 Å². The monoisotopic (exact) mass is 396 g/mol. The Balaban J connectivity index is 1.58. The van der Waals surface area contributed by atoms with E-state index in [1.165, 1.54) is 0 Å². The third-order valence-corrected chi connectivity index (χ3v) is 5.18. The average molecular weight is 397 g/mol. The number of carbonyl (C=O) groups is 2.